The highest BCUT2D eigenvalue weighted by molar-refractivity contribution is 7.90. The number of pyridine rings is 1. The normalized spacial score (nSPS) is 13.8. The average molecular weight is 720 g/mol. The molecule has 5 aromatic rings. The number of rotatable bonds is 11. The van der Waals surface area contributed by atoms with Crippen LogP contribution in [0.1, 0.15) is 82.6 Å². The average Bonchev–Trinajstić information content (AvgIpc) is 3.13. The van der Waals surface area contributed by atoms with E-state index in [9.17, 15) is 37.8 Å². The number of carbonyl (C=O) groups excluding carboxylic acids is 2. The summed E-state index contributed by atoms with van der Waals surface area (Å²) in [5.74, 6) is -4.39. The molecule has 1 aliphatic carbocycles. The van der Waals surface area contributed by atoms with Crippen molar-refractivity contribution in [2.45, 2.75) is 43.8 Å². The summed E-state index contributed by atoms with van der Waals surface area (Å²) in [6, 6.07) is 27.5. The fourth-order valence-corrected chi connectivity index (χ4v) is 7.12. The van der Waals surface area contributed by atoms with Crippen LogP contribution in [-0.2, 0) is 23.0 Å². The minimum Gasteiger partial charge on any atom is -0.478 e. The first kappa shape index (κ1) is 35.5. The molecule has 1 heterocycles. The van der Waals surface area contributed by atoms with E-state index in [1.807, 2.05) is 42.5 Å². The van der Waals surface area contributed by atoms with Crippen LogP contribution < -0.4 is 9.46 Å². The van der Waals surface area contributed by atoms with Gasteiger partial charge < -0.3 is 19.8 Å². The highest BCUT2D eigenvalue weighted by Gasteiger charge is 2.34. The summed E-state index contributed by atoms with van der Waals surface area (Å²) in [6.07, 6.45) is 3.33. The molecule has 1 aromatic heterocycles. The van der Waals surface area contributed by atoms with Gasteiger partial charge in [-0.05, 0) is 90.9 Å². The van der Waals surface area contributed by atoms with Gasteiger partial charge in [-0.25, -0.2) is 19.3 Å². The van der Waals surface area contributed by atoms with E-state index in [1.54, 1.807) is 48.0 Å². The number of nitrogens with zero attached hydrogens (tertiary/aromatic N) is 2. The summed E-state index contributed by atoms with van der Waals surface area (Å²) in [7, 11) is -4.58. The number of carboxylic acids is 2. The highest BCUT2D eigenvalue weighted by Crippen LogP contribution is 2.37. The molecule has 264 valence electrons. The largest absolute Gasteiger partial charge is 0.478 e. The van der Waals surface area contributed by atoms with Crippen LogP contribution in [0.2, 0.25) is 0 Å². The van der Waals surface area contributed by atoms with Gasteiger partial charge >= 0.3 is 11.9 Å². The van der Waals surface area contributed by atoms with Crippen LogP contribution in [0.25, 0.3) is 0 Å². The third-order valence-electron chi connectivity index (χ3n) is 8.69. The van der Waals surface area contributed by atoms with E-state index >= 15 is 0 Å². The Bertz CT molecular complexity index is 2290. The Morgan fingerprint density at radius 1 is 0.808 bits per heavy atom. The minimum atomic E-state index is -4.58. The number of carbonyl (C=O) groups is 4. The molecule has 13 heteroatoms. The van der Waals surface area contributed by atoms with Gasteiger partial charge in [0.2, 0.25) is 0 Å². The molecule has 52 heavy (non-hydrogen) atoms. The summed E-state index contributed by atoms with van der Waals surface area (Å²) < 4.78 is 33.7. The molecule has 0 saturated heterocycles. The summed E-state index contributed by atoms with van der Waals surface area (Å²) in [6.45, 7) is 1.68. The van der Waals surface area contributed by atoms with E-state index in [1.165, 1.54) is 17.2 Å². The molecule has 1 atom stereocenters. The van der Waals surface area contributed by atoms with Crippen LogP contribution in [0.3, 0.4) is 0 Å². The Balaban J connectivity index is 1.41. The van der Waals surface area contributed by atoms with Gasteiger partial charge in [0.25, 0.3) is 21.8 Å². The van der Waals surface area contributed by atoms with Gasteiger partial charge in [0.1, 0.15) is 11.5 Å². The first-order valence-corrected chi connectivity index (χ1v) is 17.7. The van der Waals surface area contributed by atoms with Gasteiger partial charge in [-0.2, -0.15) is 8.42 Å². The molecule has 4 aromatic carbocycles. The molecule has 3 N–H and O–H groups in total. The van der Waals surface area contributed by atoms with Crippen molar-refractivity contribution in [3.63, 3.8) is 0 Å². The fourth-order valence-electron chi connectivity index (χ4n) is 6.22. The number of para-hydroxylation sites is 1. The van der Waals surface area contributed by atoms with Crippen molar-refractivity contribution in [2.75, 3.05) is 0 Å². The van der Waals surface area contributed by atoms with Crippen molar-refractivity contribution in [2.24, 2.45) is 0 Å². The number of fused-ring (bicyclic) bond motifs is 1. The van der Waals surface area contributed by atoms with Crippen molar-refractivity contribution < 1.29 is 42.5 Å². The maximum atomic E-state index is 14.7. The number of amides is 2. The van der Waals surface area contributed by atoms with Crippen LogP contribution in [-0.4, -0.2) is 52.3 Å². The Morgan fingerprint density at radius 3 is 2.19 bits per heavy atom. The second-order valence-corrected chi connectivity index (χ2v) is 13.9. The van der Waals surface area contributed by atoms with E-state index in [0.29, 0.717) is 35.1 Å². The lowest BCUT2D eigenvalue weighted by Crippen LogP contribution is -2.37. The molecule has 0 saturated carbocycles. The zero-order valence-corrected chi connectivity index (χ0v) is 28.7. The predicted molar refractivity (Wildman–Crippen MR) is 189 cm³/mol. The first-order chi connectivity index (χ1) is 24.9. The number of sulfonamides is 1. The van der Waals surface area contributed by atoms with Crippen LogP contribution >= 0.6 is 0 Å². The van der Waals surface area contributed by atoms with E-state index < -0.39 is 67.1 Å². The van der Waals surface area contributed by atoms with Crippen molar-refractivity contribution >= 4 is 33.8 Å². The number of benzene rings is 4. The quantitative estimate of drug-likeness (QED) is 0.138. The minimum absolute atomic E-state index is 0.00464. The predicted octanol–water partition coefficient (Wildman–Crippen LogP) is 6.42. The second kappa shape index (κ2) is 14.9. The maximum Gasteiger partial charge on any atom is 0.336 e. The first-order valence-electron chi connectivity index (χ1n) is 16.3. The number of aryl methyl sites for hydroxylation is 2. The molecular weight excluding hydrogens is 687 g/mol. The summed E-state index contributed by atoms with van der Waals surface area (Å²) >= 11 is 0. The molecular formula is C39H33N3O9S. The van der Waals surface area contributed by atoms with Gasteiger partial charge in [-0.1, -0.05) is 60.7 Å². The number of aromatic nitrogens is 1. The topological polar surface area (TPSA) is 180 Å². The highest BCUT2D eigenvalue weighted by atomic mass is 32.2. The summed E-state index contributed by atoms with van der Waals surface area (Å²) in [5.41, 5.74) is 0.525. The third-order valence-corrected chi connectivity index (χ3v) is 9.93. The van der Waals surface area contributed by atoms with Gasteiger partial charge in [-0.3, -0.25) is 9.59 Å². The lowest BCUT2D eigenvalue weighted by Gasteiger charge is -2.36. The number of hydrogen-bond acceptors (Lipinski definition) is 8. The second-order valence-electron chi connectivity index (χ2n) is 12.3. The van der Waals surface area contributed by atoms with Crippen molar-refractivity contribution in [1.82, 2.24) is 14.6 Å². The number of ether oxygens (including phenoxy) is 1. The Morgan fingerprint density at radius 2 is 1.48 bits per heavy atom. The maximum absolute atomic E-state index is 14.7. The zero-order valence-electron chi connectivity index (χ0n) is 27.9. The van der Waals surface area contributed by atoms with E-state index in [4.69, 9.17) is 4.74 Å². The molecule has 0 spiro atoms. The van der Waals surface area contributed by atoms with Gasteiger partial charge in [0.05, 0.1) is 28.3 Å². The number of hydrogen-bond donors (Lipinski definition) is 3. The Kier molecular flexibility index (Phi) is 10.1. The Hall–Kier alpha value is -6.34. The monoisotopic (exact) mass is 719 g/mol. The van der Waals surface area contributed by atoms with Crippen molar-refractivity contribution in [3.05, 3.63) is 154 Å². The number of nitrogens with one attached hydrogen (secondary N) is 1. The van der Waals surface area contributed by atoms with Gasteiger partial charge in [0.15, 0.2) is 5.03 Å². The molecule has 0 aliphatic heterocycles. The lowest BCUT2D eigenvalue weighted by molar-refractivity contribution is 0.0614. The lowest BCUT2D eigenvalue weighted by atomic mass is 9.86. The van der Waals surface area contributed by atoms with Crippen LogP contribution in [0.5, 0.6) is 11.5 Å². The van der Waals surface area contributed by atoms with Gasteiger partial charge in [-0.15, -0.1) is 0 Å². The van der Waals surface area contributed by atoms with E-state index in [-0.39, 0.29) is 6.54 Å². The third kappa shape index (κ3) is 7.69. The number of carboxylic acid groups (broad SMARTS) is 2. The molecule has 6 rings (SSSR count). The van der Waals surface area contributed by atoms with Crippen LogP contribution in [0, 0.1) is 6.92 Å². The molecule has 0 bridgehead atoms. The molecule has 12 nitrogen and oxygen atoms in total. The SMILES string of the molecule is Cc1ccc(S(=O)(=O)NC(=O)c2cc(C(=O)O)c(C(=O)N(Cc3cccc(Oc4ccccc4)c3)[C@H]3CCCc4ccccc43)cc2C(=O)O)nc1. The smallest absolute Gasteiger partial charge is 0.336 e. The fraction of sp³-hybridized carbons (Fsp3) is 0.154. The Labute approximate surface area is 299 Å². The molecule has 1 aliphatic rings. The van der Waals surface area contributed by atoms with E-state index in [2.05, 4.69) is 4.98 Å². The van der Waals surface area contributed by atoms with Crippen molar-refractivity contribution in [1.29, 1.82) is 0 Å². The standard InChI is InChI=1S/C39H33N3O9S/c1-24-17-18-35(40-22-24)52(49,50)41-36(43)30-20-33(39(47)48)31(21-32(30)38(45)46)37(44)42(34-16-8-11-26-10-5-6-15-29(26)34)23-25-9-7-14-28(19-25)51-27-12-3-2-4-13-27/h2-7,9-10,12-15,17-22,34H,8,11,16,23H2,1H3,(H,41,43)(H,45,46)(H,47,48)/t34-/m0/s1. The van der Waals surface area contributed by atoms with E-state index in [0.717, 1.165) is 36.1 Å². The zero-order chi connectivity index (χ0) is 37.0. The molecule has 0 radical (unpaired) electrons. The number of aromatic carboxylic acids is 2. The van der Waals surface area contributed by atoms with Crippen LogP contribution in [0.4, 0.5) is 0 Å². The summed E-state index contributed by atoms with van der Waals surface area (Å²) in [5, 5.41) is 20.0. The molecule has 0 fully saturated rings. The summed E-state index contributed by atoms with van der Waals surface area (Å²) in [4.78, 5) is 58.6. The molecule has 2 amide bonds. The molecule has 0 unspecified atom stereocenters. The van der Waals surface area contributed by atoms with Crippen LogP contribution in [0.15, 0.2) is 114 Å². The van der Waals surface area contributed by atoms with Crippen molar-refractivity contribution in [3.8, 4) is 11.5 Å². The van der Waals surface area contributed by atoms with Gasteiger partial charge in [0, 0.05) is 12.7 Å².